The molecule has 0 aliphatic rings. The van der Waals surface area contributed by atoms with Gasteiger partial charge in [-0.2, -0.15) is 5.10 Å². The van der Waals surface area contributed by atoms with E-state index in [1.165, 1.54) is 18.6 Å². The van der Waals surface area contributed by atoms with E-state index >= 15 is 0 Å². The van der Waals surface area contributed by atoms with Crippen molar-refractivity contribution in [1.29, 1.82) is 0 Å². The van der Waals surface area contributed by atoms with Crippen LogP contribution in [0, 0.1) is 0 Å². The largest absolute Gasteiger partial charge is 0.462 e. The second-order valence-electron chi connectivity index (χ2n) is 4.69. The number of ketones is 1. The second kappa shape index (κ2) is 6.97. The minimum absolute atomic E-state index is 0.0720. The number of nitrogens with one attached hydrogen (secondary N) is 1. The zero-order valence-electron chi connectivity index (χ0n) is 12.2. The van der Waals surface area contributed by atoms with Gasteiger partial charge in [0.15, 0.2) is 17.2 Å². The topological polar surface area (TPSA) is 84.8 Å². The number of halogens is 1. The average Bonchev–Trinajstić information content (AvgIpc) is 3.29. The zero-order chi connectivity index (χ0) is 16.9. The molecule has 0 aliphatic carbocycles. The molecule has 0 saturated carbocycles. The minimum Gasteiger partial charge on any atom is -0.462 e. The number of hydrogen-bond acceptors (Lipinski definition) is 5. The summed E-state index contributed by atoms with van der Waals surface area (Å²) in [5.41, 5.74) is 2.62. The Morgan fingerprint density at radius 1 is 0.917 bits per heavy atom. The summed E-state index contributed by atoms with van der Waals surface area (Å²) in [6, 6.07) is 12.5. The normalized spacial score (nSPS) is 11.3. The summed E-state index contributed by atoms with van der Waals surface area (Å²) in [5, 5.41) is 4.41. The molecule has 0 spiro atoms. The summed E-state index contributed by atoms with van der Waals surface area (Å²) in [6.45, 7) is 0. The van der Waals surface area contributed by atoms with Crippen molar-refractivity contribution < 1.29 is 18.4 Å². The Morgan fingerprint density at radius 3 is 2.12 bits per heavy atom. The van der Waals surface area contributed by atoms with Crippen LogP contribution in [0.1, 0.15) is 26.7 Å². The molecule has 7 heteroatoms. The fourth-order valence-corrected chi connectivity index (χ4v) is 2.05. The van der Waals surface area contributed by atoms with Crippen molar-refractivity contribution in [2.24, 2.45) is 5.10 Å². The van der Waals surface area contributed by atoms with E-state index < -0.39 is 11.7 Å². The molecule has 0 bridgehead atoms. The second-order valence-corrected chi connectivity index (χ2v) is 5.13. The first kappa shape index (κ1) is 15.8. The number of nitrogens with zero attached hydrogens (tertiary/aromatic N) is 1. The molecule has 0 fully saturated rings. The lowest BCUT2D eigenvalue weighted by atomic mass is 10.1. The molecule has 1 amide bonds. The van der Waals surface area contributed by atoms with Gasteiger partial charge in [0, 0.05) is 10.6 Å². The van der Waals surface area contributed by atoms with Gasteiger partial charge in [0.2, 0.25) is 0 Å². The Kier molecular flexibility index (Phi) is 4.58. The van der Waals surface area contributed by atoms with Gasteiger partial charge < -0.3 is 8.83 Å². The summed E-state index contributed by atoms with van der Waals surface area (Å²) in [6.07, 6.45) is 2.78. The quantitative estimate of drug-likeness (QED) is 0.436. The van der Waals surface area contributed by atoms with Crippen LogP contribution in [0.2, 0.25) is 5.02 Å². The highest BCUT2D eigenvalue weighted by Crippen LogP contribution is 2.11. The molecule has 2 heterocycles. The van der Waals surface area contributed by atoms with Gasteiger partial charge in [-0.3, -0.25) is 9.59 Å². The summed E-state index contributed by atoms with van der Waals surface area (Å²) >= 11 is 5.78. The van der Waals surface area contributed by atoms with Crippen LogP contribution in [0.3, 0.4) is 0 Å². The monoisotopic (exact) mass is 342 g/mol. The third-order valence-corrected chi connectivity index (χ3v) is 3.34. The van der Waals surface area contributed by atoms with E-state index in [4.69, 9.17) is 20.4 Å². The Morgan fingerprint density at radius 2 is 1.54 bits per heavy atom. The maximum absolute atomic E-state index is 12.4. The Bertz CT molecular complexity index is 866. The van der Waals surface area contributed by atoms with Crippen LogP contribution in [0.15, 0.2) is 75.0 Å². The van der Waals surface area contributed by atoms with Gasteiger partial charge in [-0.05, 0) is 48.5 Å². The molecule has 6 nitrogen and oxygen atoms in total. The molecule has 0 unspecified atom stereocenters. The fraction of sp³-hybridized carbons (Fsp3) is 0. The van der Waals surface area contributed by atoms with Gasteiger partial charge >= 0.3 is 0 Å². The predicted octanol–water partition coefficient (Wildman–Crippen LogP) is 3.54. The van der Waals surface area contributed by atoms with Crippen LogP contribution in [-0.4, -0.2) is 17.4 Å². The molecule has 120 valence electrons. The van der Waals surface area contributed by atoms with Crippen LogP contribution in [0.5, 0.6) is 0 Å². The third kappa shape index (κ3) is 3.44. The van der Waals surface area contributed by atoms with Crippen molar-refractivity contribution in [3.63, 3.8) is 0 Å². The van der Waals surface area contributed by atoms with Gasteiger partial charge in [-0.1, -0.05) is 11.6 Å². The van der Waals surface area contributed by atoms with E-state index in [9.17, 15) is 9.59 Å². The summed E-state index contributed by atoms with van der Waals surface area (Å²) < 4.78 is 10.3. The molecule has 0 atom stereocenters. The lowest BCUT2D eigenvalue weighted by molar-refractivity contribution is 0.0954. The Balaban J connectivity index is 1.85. The van der Waals surface area contributed by atoms with E-state index in [2.05, 4.69) is 10.5 Å². The maximum atomic E-state index is 12.4. The first-order valence-corrected chi connectivity index (χ1v) is 7.28. The van der Waals surface area contributed by atoms with E-state index in [-0.39, 0.29) is 17.2 Å². The predicted molar refractivity (Wildman–Crippen MR) is 87.2 cm³/mol. The smallest absolute Gasteiger partial charge is 0.271 e. The molecule has 0 radical (unpaired) electrons. The van der Waals surface area contributed by atoms with E-state index in [0.717, 1.165) is 0 Å². The highest BCUT2D eigenvalue weighted by molar-refractivity contribution is 6.50. The van der Waals surface area contributed by atoms with Gasteiger partial charge in [0.25, 0.3) is 11.7 Å². The molecule has 2 aromatic heterocycles. The lowest BCUT2D eigenvalue weighted by Crippen LogP contribution is -2.24. The van der Waals surface area contributed by atoms with Crippen molar-refractivity contribution >= 4 is 29.0 Å². The summed E-state index contributed by atoms with van der Waals surface area (Å²) in [4.78, 5) is 24.6. The lowest BCUT2D eigenvalue weighted by Gasteiger charge is -2.03. The molecule has 1 N–H and O–H groups in total. The minimum atomic E-state index is -0.508. The van der Waals surface area contributed by atoms with Gasteiger partial charge in [0.05, 0.1) is 12.5 Å². The third-order valence-electron chi connectivity index (χ3n) is 3.09. The van der Waals surface area contributed by atoms with E-state index in [1.54, 1.807) is 42.5 Å². The highest BCUT2D eigenvalue weighted by atomic mass is 35.5. The number of amides is 1. The SMILES string of the molecule is O=C(NN=C(C(=O)c1ccco1)c1ccco1)c1ccc(Cl)cc1. The summed E-state index contributed by atoms with van der Waals surface area (Å²) in [5.74, 6) is -0.687. The van der Waals surface area contributed by atoms with Crippen LogP contribution >= 0.6 is 11.6 Å². The molecular weight excluding hydrogens is 332 g/mol. The first-order valence-electron chi connectivity index (χ1n) is 6.91. The fourth-order valence-electron chi connectivity index (χ4n) is 1.93. The van der Waals surface area contributed by atoms with Crippen molar-refractivity contribution in [3.8, 4) is 0 Å². The number of carbonyl (C=O) groups is 2. The molecule has 0 saturated heterocycles. The maximum Gasteiger partial charge on any atom is 0.271 e. The van der Waals surface area contributed by atoms with Crippen LogP contribution in [-0.2, 0) is 0 Å². The zero-order valence-corrected chi connectivity index (χ0v) is 13.0. The molecule has 24 heavy (non-hydrogen) atoms. The van der Waals surface area contributed by atoms with Crippen molar-refractivity contribution in [2.45, 2.75) is 0 Å². The number of hydrogen-bond donors (Lipinski definition) is 1. The van der Waals surface area contributed by atoms with Crippen molar-refractivity contribution in [3.05, 3.63) is 83.2 Å². The van der Waals surface area contributed by atoms with Crippen LogP contribution in [0.4, 0.5) is 0 Å². The van der Waals surface area contributed by atoms with Crippen LogP contribution < -0.4 is 5.43 Å². The van der Waals surface area contributed by atoms with Crippen molar-refractivity contribution in [1.82, 2.24) is 5.43 Å². The molecule has 3 rings (SSSR count). The Hall–Kier alpha value is -3.12. The summed E-state index contributed by atoms with van der Waals surface area (Å²) in [7, 11) is 0. The number of carbonyl (C=O) groups excluding carboxylic acids is 2. The number of Topliss-reactive ketones (excluding diaryl/α,β-unsaturated/α-hetero) is 1. The number of benzene rings is 1. The van der Waals surface area contributed by atoms with E-state index in [1.807, 2.05) is 0 Å². The number of rotatable bonds is 5. The Labute approximate surface area is 141 Å². The number of hydrazone groups is 1. The van der Waals surface area contributed by atoms with E-state index in [0.29, 0.717) is 10.6 Å². The van der Waals surface area contributed by atoms with Gasteiger partial charge in [-0.25, -0.2) is 5.43 Å². The molecule has 1 aromatic carbocycles. The first-order chi connectivity index (χ1) is 11.6. The molecular formula is C17H11ClN2O4. The van der Waals surface area contributed by atoms with Crippen LogP contribution in [0.25, 0.3) is 0 Å². The molecule has 0 aliphatic heterocycles. The number of furan rings is 2. The van der Waals surface area contributed by atoms with Crippen molar-refractivity contribution in [2.75, 3.05) is 0 Å². The average molecular weight is 343 g/mol. The van der Waals surface area contributed by atoms with Gasteiger partial charge in [0.1, 0.15) is 0 Å². The standard InChI is InChI=1S/C17H11ClN2O4/c18-12-7-5-11(6-8-12)17(22)20-19-15(13-3-1-9-23-13)16(21)14-4-2-10-24-14/h1-10H,(H,20,22). The van der Waals surface area contributed by atoms with Gasteiger partial charge in [-0.15, -0.1) is 0 Å². The molecule has 3 aromatic rings. The highest BCUT2D eigenvalue weighted by Gasteiger charge is 2.22.